The molecule has 1 aliphatic rings. The third-order valence-electron chi connectivity index (χ3n) is 4.09. The first-order chi connectivity index (χ1) is 9.48. The smallest absolute Gasteiger partial charge is 0.226 e. The molecule has 0 fully saturated rings. The molecule has 4 nitrogen and oxygen atoms in total. The van der Waals surface area contributed by atoms with Gasteiger partial charge in [0.15, 0.2) is 0 Å². The van der Waals surface area contributed by atoms with Gasteiger partial charge >= 0.3 is 0 Å². The summed E-state index contributed by atoms with van der Waals surface area (Å²) in [5.74, 6) is 0.113. The number of rotatable bonds is 4. The van der Waals surface area contributed by atoms with E-state index in [-0.39, 0.29) is 11.9 Å². The second-order valence-corrected chi connectivity index (χ2v) is 5.93. The number of amides is 1. The van der Waals surface area contributed by atoms with Crippen LogP contribution in [0.3, 0.4) is 0 Å². The van der Waals surface area contributed by atoms with Crippen molar-refractivity contribution in [2.45, 2.75) is 38.3 Å². The van der Waals surface area contributed by atoms with Crippen molar-refractivity contribution in [1.82, 2.24) is 4.90 Å². The van der Waals surface area contributed by atoms with Crippen LogP contribution in [0.5, 0.6) is 0 Å². The number of nitrogens with zero attached hydrogens (tertiary/aromatic N) is 1. The highest BCUT2D eigenvalue weighted by Gasteiger charge is 2.32. The number of methoxy groups -OCH3 is 1. The van der Waals surface area contributed by atoms with E-state index >= 15 is 0 Å². The van der Waals surface area contributed by atoms with Gasteiger partial charge in [-0.25, -0.2) is 0 Å². The highest BCUT2D eigenvalue weighted by molar-refractivity contribution is 5.78. The van der Waals surface area contributed by atoms with Crippen molar-refractivity contribution in [2.75, 3.05) is 20.2 Å². The van der Waals surface area contributed by atoms with Crippen molar-refractivity contribution in [3.63, 3.8) is 0 Å². The highest BCUT2D eigenvalue weighted by Crippen LogP contribution is 2.30. The van der Waals surface area contributed by atoms with Crippen LogP contribution in [-0.4, -0.2) is 36.6 Å². The summed E-state index contributed by atoms with van der Waals surface area (Å²) in [5, 5.41) is 0. The molecule has 0 saturated carbocycles. The number of benzene rings is 1. The van der Waals surface area contributed by atoms with Gasteiger partial charge in [-0.2, -0.15) is 0 Å². The summed E-state index contributed by atoms with van der Waals surface area (Å²) < 4.78 is 5.36. The van der Waals surface area contributed by atoms with E-state index < -0.39 is 5.60 Å². The van der Waals surface area contributed by atoms with Crippen molar-refractivity contribution >= 4 is 5.91 Å². The number of hydrogen-bond acceptors (Lipinski definition) is 3. The normalized spacial score (nSPS) is 18.8. The van der Waals surface area contributed by atoms with Gasteiger partial charge in [0.25, 0.3) is 0 Å². The molecule has 1 atom stereocenters. The number of fused-ring (bicyclic) bond motifs is 1. The maximum absolute atomic E-state index is 12.5. The van der Waals surface area contributed by atoms with Gasteiger partial charge in [-0.1, -0.05) is 24.3 Å². The Hall–Kier alpha value is -1.39. The zero-order valence-electron chi connectivity index (χ0n) is 12.6. The van der Waals surface area contributed by atoms with Crippen LogP contribution in [-0.2, 0) is 16.0 Å². The molecule has 4 heteroatoms. The summed E-state index contributed by atoms with van der Waals surface area (Å²) >= 11 is 0. The van der Waals surface area contributed by atoms with E-state index in [1.165, 1.54) is 11.1 Å². The van der Waals surface area contributed by atoms with Gasteiger partial charge < -0.3 is 15.4 Å². The quantitative estimate of drug-likeness (QED) is 0.913. The second-order valence-electron chi connectivity index (χ2n) is 5.93. The first kappa shape index (κ1) is 15.0. The Morgan fingerprint density at radius 2 is 2.15 bits per heavy atom. The van der Waals surface area contributed by atoms with Crippen LogP contribution in [0.25, 0.3) is 0 Å². The number of hydrogen-bond donors (Lipinski definition) is 1. The second kappa shape index (κ2) is 5.94. The molecule has 110 valence electrons. The summed E-state index contributed by atoms with van der Waals surface area (Å²) in [5.41, 5.74) is 7.97. The van der Waals surface area contributed by atoms with Crippen molar-refractivity contribution in [2.24, 2.45) is 5.73 Å². The first-order valence-corrected chi connectivity index (χ1v) is 7.11. The minimum atomic E-state index is -0.437. The molecule has 20 heavy (non-hydrogen) atoms. The summed E-state index contributed by atoms with van der Waals surface area (Å²) in [6, 6.07) is 8.24. The van der Waals surface area contributed by atoms with Gasteiger partial charge in [-0.05, 0) is 31.4 Å². The van der Waals surface area contributed by atoms with E-state index in [9.17, 15) is 4.79 Å². The number of carbonyl (C=O) groups is 1. The van der Waals surface area contributed by atoms with Gasteiger partial charge in [-0.3, -0.25) is 4.79 Å². The predicted molar refractivity (Wildman–Crippen MR) is 79.4 cm³/mol. The Bertz CT molecular complexity index is 485. The van der Waals surface area contributed by atoms with Crippen LogP contribution in [0.2, 0.25) is 0 Å². The molecule has 0 spiro atoms. The average molecular weight is 276 g/mol. The fourth-order valence-electron chi connectivity index (χ4n) is 2.74. The van der Waals surface area contributed by atoms with E-state index in [0.29, 0.717) is 13.0 Å². The topological polar surface area (TPSA) is 55.6 Å². The fraction of sp³-hybridized carbons (Fsp3) is 0.562. The SMILES string of the molecule is COC(C)(C)CC(=O)N1CCc2ccccc2C1CN. The maximum Gasteiger partial charge on any atom is 0.226 e. The Morgan fingerprint density at radius 3 is 2.80 bits per heavy atom. The molecule has 1 heterocycles. The van der Waals surface area contributed by atoms with Crippen LogP contribution in [0, 0.1) is 0 Å². The highest BCUT2D eigenvalue weighted by atomic mass is 16.5. The van der Waals surface area contributed by atoms with Gasteiger partial charge in [0.2, 0.25) is 5.91 Å². The van der Waals surface area contributed by atoms with Crippen molar-refractivity contribution in [1.29, 1.82) is 0 Å². The molecule has 1 aromatic carbocycles. The molecule has 0 aliphatic carbocycles. The standard InChI is InChI=1S/C16H24N2O2/c1-16(2,20-3)10-15(19)18-9-8-12-6-4-5-7-13(12)14(18)11-17/h4-7,14H,8-11,17H2,1-3H3. The van der Waals surface area contributed by atoms with Crippen molar-refractivity contribution in [3.8, 4) is 0 Å². The third kappa shape index (κ3) is 3.02. The number of carbonyl (C=O) groups excluding carboxylic acids is 1. The van der Waals surface area contributed by atoms with Crippen LogP contribution < -0.4 is 5.73 Å². The zero-order chi connectivity index (χ0) is 14.8. The first-order valence-electron chi connectivity index (χ1n) is 7.11. The zero-order valence-corrected chi connectivity index (χ0v) is 12.6. The lowest BCUT2D eigenvalue weighted by atomic mass is 9.91. The van der Waals surface area contributed by atoms with Crippen LogP contribution in [0.1, 0.15) is 37.4 Å². The summed E-state index contributed by atoms with van der Waals surface area (Å²) in [6.45, 7) is 5.05. The minimum absolute atomic E-state index is 0.0138. The predicted octanol–water partition coefficient (Wildman–Crippen LogP) is 1.89. The summed E-state index contributed by atoms with van der Waals surface area (Å²) in [4.78, 5) is 14.4. The maximum atomic E-state index is 12.5. The summed E-state index contributed by atoms with van der Waals surface area (Å²) in [7, 11) is 1.64. The molecule has 0 saturated heterocycles. The van der Waals surface area contributed by atoms with Crippen LogP contribution in [0.15, 0.2) is 24.3 Å². The van der Waals surface area contributed by atoms with Crippen molar-refractivity contribution < 1.29 is 9.53 Å². The lowest BCUT2D eigenvalue weighted by Crippen LogP contribution is -2.45. The van der Waals surface area contributed by atoms with E-state index in [4.69, 9.17) is 10.5 Å². The fourth-order valence-corrected chi connectivity index (χ4v) is 2.74. The number of ether oxygens (including phenoxy) is 1. The largest absolute Gasteiger partial charge is 0.378 e. The minimum Gasteiger partial charge on any atom is -0.378 e. The van der Waals surface area contributed by atoms with Gasteiger partial charge in [0, 0.05) is 20.2 Å². The molecule has 1 unspecified atom stereocenters. The van der Waals surface area contributed by atoms with Gasteiger partial charge in [0.1, 0.15) is 0 Å². The molecule has 2 N–H and O–H groups in total. The van der Waals surface area contributed by atoms with E-state index in [1.807, 2.05) is 30.9 Å². The van der Waals surface area contributed by atoms with E-state index in [1.54, 1.807) is 7.11 Å². The van der Waals surface area contributed by atoms with Crippen molar-refractivity contribution in [3.05, 3.63) is 35.4 Å². The molecular weight excluding hydrogens is 252 g/mol. The summed E-state index contributed by atoms with van der Waals surface area (Å²) in [6.07, 6.45) is 1.27. The van der Waals surface area contributed by atoms with Crippen LogP contribution in [0.4, 0.5) is 0 Å². The van der Waals surface area contributed by atoms with E-state index in [0.717, 1.165) is 13.0 Å². The average Bonchev–Trinajstić information content (AvgIpc) is 2.45. The molecule has 1 aromatic rings. The van der Waals surface area contributed by atoms with E-state index in [2.05, 4.69) is 12.1 Å². The Morgan fingerprint density at radius 1 is 1.45 bits per heavy atom. The molecule has 1 amide bonds. The Kier molecular flexibility index (Phi) is 4.45. The molecule has 0 radical (unpaired) electrons. The molecule has 0 aromatic heterocycles. The molecule has 0 bridgehead atoms. The molecule has 2 rings (SSSR count). The lowest BCUT2D eigenvalue weighted by molar-refractivity contribution is -0.139. The van der Waals surface area contributed by atoms with Gasteiger partial charge in [0.05, 0.1) is 18.1 Å². The molecular formula is C16H24N2O2. The van der Waals surface area contributed by atoms with Gasteiger partial charge in [-0.15, -0.1) is 0 Å². The Labute approximate surface area is 120 Å². The number of nitrogens with two attached hydrogens (primary N) is 1. The molecule has 1 aliphatic heterocycles. The monoisotopic (exact) mass is 276 g/mol. The van der Waals surface area contributed by atoms with Crippen LogP contribution >= 0.6 is 0 Å². The third-order valence-corrected chi connectivity index (χ3v) is 4.09. The lowest BCUT2D eigenvalue weighted by Gasteiger charge is -2.38. The Balaban J connectivity index is 2.20.